The predicted octanol–water partition coefficient (Wildman–Crippen LogP) is 1.28. The Morgan fingerprint density at radius 2 is 1.78 bits per heavy atom. The largest absolute Gasteiger partial charge is 0.444 e. The Kier molecular flexibility index (Phi) is 4.57. The lowest BCUT2D eigenvalue weighted by Gasteiger charge is -2.51. The molecule has 0 aliphatic carbocycles. The van der Waals surface area contributed by atoms with Crippen molar-refractivity contribution in [2.24, 2.45) is 0 Å². The highest BCUT2D eigenvalue weighted by molar-refractivity contribution is 5.69. The number of hydrogen-bond donors (Lipinski definition) is 1. The first-order valence-corrected chi connectivity index (χ1v) is 8.30. The molecule has 0 aromatic heterocycles. The number of ether oxygens (including phenoxy) is 4. The average molecular weight is 329 g/mol. The van der Waals surface area contributed by atoms with Crippen LogP contribution in [-0.4, -0.2) is 72.1 Å². The third-order valence-electron chi connectivity index (χ3n) is 4.48. The molecule has 0 aromatic carbocycles. The monoisotopic (exact) mass is 329 g/mol. The maximum Gasteiger partial charge on any atom is 0.410 e. The second kappa shape index (κ2) is 6.20. The molecule has 7 heteroatoms. The number of fused-ring (bicyclic) bond motifs is 2. The molecule has 7 nitrogen and oxygen atoms in total. The van der Waals surface area contributed by atoms with Gasteiger partial charge in [0.2, 0.25) is 0 Å². The Morgan fingerprint density at radius 1 is 1.22 bits per heavy atom. The van der Waals surface area contributed by atoms with Gasteiger partial charge in [-0.3, -0.25) is 4.90 Å². The Bertz CT molecular complexity index is 428. The number of morpholine rings is 1. The summed E-state index contributed by atoms with van der Waals surface area (Å²) in [5.41, 5.74) is -1.43. The summed E-state index contributed by atoms with van der Waals surface area (Å²) in [4.78, 5) is 14.2. The van der Waals surface area contributed by atoms with E-state index < -0.39 is 11.2 Å². The van der Waals surface area contributed by atoms with Crippen molar-refractivity contribution in [2.45, 2.75) is 69.6 Å². The summed E-state index contributed by atoms with van der Waals surface area (Å²) in [5.74, 6) is 0. The zero-order chi connectivity index (χ0) is 16.7. The topological polar surface area (TPSA) is 77.5 Å². The Morgan fingerprint density at radius 3 is 2.30 bits per heavy atom. The van der Waals surface area contributed by atoms with Crippen LogP contribution in [-0.2, 0) is 18.9 Å². The number of amides is 1. The molecule has 0 radical (unpaired) electrons. The molecular weight excluding hydrogens is 302 g/mol. The number of piperidine rings is 1. The predicted molar refractivity (Wildman–Crippen MR) is 81.0 cm³/mol. The molecule has 3 aliphatic rings. The molecule has 132 valence electrons. The van der Waals surface area contributed by atoms with Gasteiger partial charge in [-0.1, -0.05) is 0 Å². The smallest absolute Gasteiger partial charge is 0.410 e. The maximum absolute atomic E-state index is 12.5. The summed E-state index contributed by atoms with van der Waals surface area (Å²) < 4.78 is 22.0. The molecular formula is C16H27NO6. The molecule has 2 atom stereocenters. The van der Waals surface area contributed by atoms with E-state index in [4.69, 9.17) is 18.9 Å². The van der Waals surface area contributed by atoms with Gasteiger partial charge in [0.1, 0.15) is 5.60 Å². The maximum atomic E-state index is 12.5. The quantitative estimate of drug-likeness (QED) is 0.822. The van der Waals surface area contributed by atoms with Gasteiger partial charge in [0, 0.05) is 6.42 Å². The van der Waals surface area contributed by atoms with E-state index in [2.05, 4.69) is 0 Å². The van der Waals surface area contributed by atoms with Gasteiger partial charge < -0.3 is 24.1 Å². The minimum Gasteiger partial charge on any atom is -0.444 e. The lowest BCUT2D eigenvalue weighted by Crippen LogP contribution is -2.64. The van der Waals surface area contributed by atoms with Crippen LogP contribution >= 0.6 is 0 Å². The fourth-order valence-corrected chi connectivity index (χ4v) is 3.69. The van der Waals surface area contributed by atoms with E-state index in [0.29, 0.717) is 45.7 Å². The van der Waals surface area contributed by atoms with Crippen LogP contribution in [0.1, 0.15) is 40.0 Å². The van der Waals surface area contributed by atoms with Gasteiger partial charge in [-0.15, -0.1) is 0 Å². The first kappa shape index (κ1) is 17.0. The molecule has 3 aliphatic heterocycles. The number of nitrogens with zero attached hydrogens (tertiary/aromatic N) is 1. The van der Waals surface area contributed by atoms with Crippen LogP contribution < -0.4 is 0 Å². The van der Waals surface area contributed by atoms with Gasteiger partial charge in [-0.25, -0.2) is 4.79 Å². The van der Waals surface area contributed by atoms with Gasteiger partial charge in [0.25, 0.3) is 0 Å². The molecule has 3 fully saturated rings. The van der Waals surface area contributed by atoms with Gasteiger partial charge in [-0.05, 0) is 33.6 Å². The van der Waals surface area contributed by atoms with E-state index in [1.807, 2.05) is 20.8 Å². The lowest BCUT2D eigenvalue weighted by atomic mass is 9.79. The normalized spacial score (nSPS) is 35.4. The third kappa shape index (κ3) is 3.96. The van der Waals surface area contributed by atoms with Gasteiger partial charge in [0.05, 0.1) is 44.1 Å². The van der Waals surface area contributed by atoms with Crippen LogP contribution in [0.4, 0.5) is 4.79 Å². The number of carbonyl (C=O) groups excluding carboxylic acids is 1. The third-order valence-corrected chi connectivity index (χ3v) is 4.48. The number of hydrogen-bond acceptors (Lipinski definition) is 6. The second-order valence-electron chi connectivity index (χ2n) is 7.74. The van der Waals surface area contributed by atoms with Crippen molar-refractivity contribution < 1.29 is 28.8 Å². The molecule has 3 saturated heterocycles. The average Bonchev–Trinajstić information content (AvgIpc) is 2.87. The van der Waals surface area contributed by atoms with Crippen molar-refractivity contribution in [3.8, 4) is 0 Å². The van der Waals surface area contributed by atoms with Crippen LogP contribution in [0, 0.1) is 0 Å². The van der Waals surface area contributed by atoms with E-state index in [0.717, 1.165) is 0 Å². The summed E-state index contributed by atoms with van der Waals surface area (Å²) in [7, 11) is 0. The van der Waals surface area contributed by atoms with Gasteiger partial charge in [-0.2, -0.15) is 0 Å². The van der Waals surface area contributed by atoms with Crippen molar-refractivity contribution in [3.05, 3.63) is 0 Å². The Balaban J connectivity index is 1.68. The molecule has 3 heterocycles. The Hall–Kier alpha value is -0.890. The van der Waals surface area contributed by atoms with Crippen LogP contribution in [0.3, 0.4) is 0 Å². The SMILES string of the molecule is CC(C)(C)OC(=O)N1C2COCC1CC(O)(CC1OCCO1)C2. The lowest BCUT2D eigenvalue weighted by molar-refractivity contribution is -0.166. The van der Waals surface area contributed by atoms with Gasteiger partial charge in [0.15, 0.2) is 6.29 Å². The standard InChI is InChI=1S/C16H27NO6/c1-15(2,3)23-14(18)17-11-6-16(19,7-12(17)10-20-9-11)8-13-21-4-5-22-13/h11-13,19H,4-10H2,1-3H3. The summed E-state index contributed by atoms with van der Waals surface area (Å²) in [5, 5.41) is 11.0. The fraction of sp³-hybridized carbons (Fsp3) is 0.938. The van der Waals surface area contributed by atoms with Crippen LogP contribution in [0.25, 0.3) is 0 Å². The molecule has 23 heavy (non-hydrogen) atoms. The molecule has 1 amide bonds. The van der Waals surface area contributed by atoms with Crippen molar-refractivity contribution in [2.75, 3.05) is 26.4 Å². The minimum absolute atomic E-state index is 0.177. The zero-order valence-corrected chi connectivity index (χ0v) is 14.1. The fourth-order valence-electron chi connectivity index (χ4n) is 3.69. The molecule has 2 unspecified atom stereocenters. The molecule has 3 rings (SSSR count). The molecule has 0 aromatic rings. The minimum atomic E-state index is -0.896. The zero-order valence-electron chi connectivity index (χ0n) is 14.1. The molecule has 0 saturated carbocycles. The Labute approximate surface area is 136 Å². The summed E-state index contributed by atoms with van der Waals surface area (Å²) in [6, 6.07) is -0.354. The number of carbonyl (C=O) groups is 1. The van der Waals surface area contributed by atoms with E-state index in [1.165, 1.54) is 0 Å². The van der Waals surface area contributed by atoms with E-state index in [1.54, 1.807) is 4.90 Å². The van der Waals surface area contributed by atoms with Crippen molar-refractivity contribution in [1.82, 2.24) is 4.90 Å². The number of aliphatic hydroxyl groups is 1. The molecule has 2 bridgehead atoms. The number of rotatable bonds is 2. The van der Waals surface area contributed by atoms with Crippen molar-refractivity contribution in [3.63, 3.8) is 0 Å². The van der Waals surface area contributed by atoms with E-state index in [-0.39, 0.29) is 24.5 Å². The highest BCUT2D eigenvalue weighted by atomic mass is 16.7. The van der Waals surface area contributed by atoms with Crippen LogP contribution in [0.2, 0.25) is 0 Å². The highest BCUT2D eigenvalue weighted by Gasteiger charge is 2.50. The van der Waals surface area contributed by atoms with Crippen LogP contribution in [0.5, 0.6) is 0 Å². The summed E-state index contributed by atoms with van der Waals surface area (Å²) >= 11 is 0. The molecule has 1 N–H and O–H groups in total. The van der Waals surface area contributed by atoms with Crippen molar-refractivity contribution in [1.29, 1.82) is 0 Å². The second-order valence-corrected chi connectivity index (χ2v) is 7.74. The first-order chi connectivity index (χ1) is 10.8. The first-order valence-electron chi connectivity index (χ1n) is 8.30. The van der Waals surface area contributed by atoms with Crippen molar-refractivity contribution >= 4 is 6.09 Å². The summed E-state index contributed by atoms with van der Waals surface area (Å²) in [6.07, 6.45) is 0.654. The van der Waals surface area contributed by atoms with Crippen LogP contribution in [0.15, 0.2) is 0 Å². The van der Waals surface area contributed by atoms with Gasteiger partial charge >= 0.3 is 6.09 Å². The summed E-state index contributed by atoms with van der Waals surface area (Å²) in [6.45, 7) is 7.54. The van der Waals surface area contributed by atoms with E-state index in [9.17, 15) is 9.90 Å². The highest BCUT2D eigenvalue weighted by Crippen LogP contribution is 2.38. The molecule has 0 spiro atoms. The van der Waals surface area contributed by atoms with E-state index >= 15 is 0 Å².